The van der Waals surface area contributed by atoms with Crippen molar-refractivity contribution in [2.75, 3.05) is 26.2 Å². The van der Waals surface area contributed by atoms with Crippen molar-refractivity contribution < 1.29 is 9.59 Å². The summed E-state index contributed by atoms with van der Waals surface area (Å²) in [7, 11) is 0. The molecule has 0 radical (unpaired) electrons. The quantitative estimate of drug-likeness (QED) is 0.853. The highest BCUT2D eigenvalue weighted by Gasteiger charge is 2.23. The summed E-state index contributed by atoms with van der Waals surface area (Å²) in [6.07, 6.45) is 1.76. The summed E-state index contributed by atoms with van der Waals surface area (Å²) in [6.45, 7) is 3.94. The van der Waals surface area contributed by atoms with E-state index in [9.17, 15) is 9.59 Å². The number of nitrogens with zero attached hydrogens (tertiary/aromatic N) is 3. The van der Waals surface area contributed by atoms with Gasteiger partial charge in [-0.15, -0.1) is 11.3 Å². The van der Waals surface area contributed by atoms with Gasteiger partial charge in [0.25, 0.3) is 5.91 Å². The van der Waals surface area contributed by atoms with Gasteiger partial charge in [0.15, 0.2) is 0 Å². The van der Waals surface area contributed by atoms with E-state index in [2.05, 4.69) is 4.98 Å². The second-order valence-electron chi connectivity index (χ2n) is 5.22. The summed E-state index contributed by atoms with van der Waals surface area (Å²) in [5.41, 5.74) is 1.63. The van der Waals surface area contributed by atoms with Crippen molar-refractivity contribution in [3.63, 3.8) is 0 Å². The lowest BCUT2D eigenvalue weighted by Crippen LogP contribution is -2.50. The van der Waals surface area contributed by atoms with Crippen LogP contribution in [0.5, 0.6) is 0 Å². The summed E-state index contributed by atoms with van der Waals surface area (Å²) in [6, 6.07) is 7.56. The first-order valence-corrected chi connectivity index (χ1v) is 8.08. The van der Waals surface area contributed by atoms with Gasteiger partial charge in [0.1, 0.15) is 5.01 Å². The Balaban J connectivity index is 1.73. The van der Waals surface area contributed by atoms with Crippen molar-refractivity contribution in [1.82, 2.24) is 14.8 Å². The minimum absolute atomic E-state index is 0.0154. The highest BCUT2D eigenvalue weighted by atomic mass is 32.1. The average Bonchev–Trinajstić information content (AvgIpc) is 3.09. The molecule has 0 aliphatic carbocycles. The first kappa shape index (κ1) is 14.7. The Morgan fingerprint density at radius 1 is 1.14 bits per heavy atom. The van der Waals surface area contributed by atoms with E-state index in [0.717, 1.165) is 10.6 Å². The van der Waals surface area contributed by atoms with Gasteiger partial charge in [-0.25, -0.2) is 4.98 Å². The maximum atomic E-state index is 12.6. The number of rotatable bonds is 2. The van der Waals surface area contributed by atoms with Crippen molar-refractivity contribution >= 4 is 23.2 Å². The molecule has 0 unspecified atom stereocenters. The predicted molar refractivity (Wildman–Crippen MR) is 85.7 cm³/mol. The largest absolute Gasteiger partial charge is 0.339 e. The van der Waals surface area contributed by atoms with Crippen molar-refractivity contribution in [2.45, 2.75) is 6.92 Å². The molecule has 5 nitrogen and oxygen atoms in total. The van der Waals surface area contributed by atoms with Gasteiger partial charge in [0.2, 0.25) is 5.91 Å². The van der Waals surface area contributed by atoms with Crippen LogP contribution in [0.3, 0.4) is 0 Å². The average molecular weight is 315 g/mol. The van der Waals surface area contributed by atoms with Crippen LogP contribution in [0.25, 0.3) is 10.6 Å². The van der Waals surface area contributed by atoms with Crippen LogP contribution in [0.1, 0.15) is 17.3 Å². The van der Waals surface area contributed by atoms with Gasteiger partial charge >= 0.3 is 0 Å². The summed E-state index contributed by atoms with van der Waals surface area (Å²) < 4.78 is 0. The molecule has 3 rings (SSSR count). The third kappa shape index (κ3) is 3.01. The van der Waals surface area contributed by atoms with E-state index in [-0.39, 0.29) is 11.8 Å². The molecule has 1 aliphatic rings. The molecule has 1 aliphatic heterocycles. The molecular weight excluding hydrogens is 298 g/mol. The van der Waals surface area contributed by atoms with Crippen LogP contribution in [0, 0.1) is 0 Å². The number of carbonyl (C=O) groups is 2. The van der Waals surface area contributed by atoms with Gasteiger partial charge in [0.05, 0.1) is 0 Å². The van der Waals surface area contributed by atoms with Crippen molar-refractivity contribution in [2.24, 2.45) is 0 Å². The van der Waals surface area contributed by atoms with Gasteiger partial charge in [-0.1, -0.05) is 12.1 Å². The van der Waals surface area contributed by atoms with E-state index in [1.807, 2.05) is 29.6 Å². The lowest BCUT2D eigenvalue weighted by molar-refractivity contribution is -0.130. The Kier molecular flexibility index (Phi) is 4.20. The fraction of sp³-hybridized carbons (Fsp3) is 0.312. The molecule has 0 spiro atoms. The number of carbonyl (C=O) groups excluding carboxylic acids is 2. The SMILES string of the molecule is CC(=O)N1CCN(C(=O)c2cccc(-c3nccs3)c2)CC1. The summed E-state index contributed by atoms with van der Waals surface area (Å²) in [4.78, 5) is 31.8. The van der Waals surface area contributed by atoms with Crippen molar-refractivity contribution in [3.05, 3.63) is 41.4 Å². The molecule has 2 amide bonds. The first-order valence-electron chi connectivity index (χ1n) is 7.20. The van der Waals surface area contributed by atoms with Crippen LogP contribution in [0.2, 0.25) is 0 Å². The third-order valence-electron chi connectivity index (χ3n) is 3.80. The summed E-state index contributed by atoms with van der Waals surface area (Å²) in [5, 5.41) is 2.83. The molecule has 1 fully saturated rings. The van der Waals surface area contributed by atoms with E-state index in [0.29, 0.717) is 31.7 Å². The van der Waals surface area contributed by atoms with Gasteiger partial charge in [-0.3, -0.25) is 9.59 Å². The van der Waals surface area contributed by atoms with Gasteiger partial charge < -0.3 is 9.80 Å². The normalized spacial score (nSPS) is 15.0. The van der Waals surface area contributed by atoms with E-state index in [4.69, 9.17) is 0 Å². The summed E-state index contributed by atoms with van der Waals surface area (Å²) in [5.74, 6) is 0.0828. The number of hydrogen-bond donors (Lipinski definition) is 0. The third-order valence-corrected chi connectivity index (χ3v) is 4.62. The number of benzene rings is 1. The van der Waals surface area contributed by atoms with Crippen molar-refractivity contribution in [3.8, 4) is 10.6 Å². The molecule has 0 saturated carbocycles. The number of hydrogen-bond acceptors (Lipinski definition) is 4. The fourth-order valence-corrected chi connectivity index (χ4v) is 3.19. The predicted octanol–water partition coefficient (Wildman–Crippen LogP) is 2.11. The Morgan fingerprint density at radius 3 is 2.50 bits per heavy atom. The number of thiazole rings is 1. The minimum Gasteiger partial charge on any atom is -0.339 e. The Morgan fingerprint density at radius 2 is 1.86 bits per heavy atom. The van der Waals surface area contributed by atoms with E-state index < -0.39 is 0 Å². The Hall–Kier alpha value is -2.21. The topological polar surface area (TPSA) is 53.5 Å². The molecule has 0 bridgehead atoms. The smallest absolute Gasteiger partial charge is 0.253 e. The molecule has 114 valence electrons. The Labute approximate surface area is 133 Å². The summed E-state index contributed by atoms with van der Waals surface area (Å²) >= 11 is 1.56. The van der Waals surface area contributed by atoms with E-state index in [1.165, 1.54) is 0 Å². The van der Waals surface area contributed by atoms with Crippen molar-refractivity contribution in [1.29, 1.82) is 0 Å². The van der Waals surface area contributed by atoms with Gasteiger partial charge in [-0.2, -0.15) is 0 Å². The molecule has 22 heavy (non-hydrogen) atoms. The molecule has 0 atom stereocenters. The molecular formula is C16H17N3O2S. The Bertz CT molecular complexity index is 676. The fourth-order valence-electron chi connectivity index (χ4n) is 2.56. The number of piperazine rings is 1. The van der Waals surface area contributed by atoms with Crippen LogP contribution in [0.4, 0.5) is 0 Å². The highest BCUT2D eigenvalue weighted by molar-refractivity contribution is 7.13. The molecule has 1 saturated heterocycles. The highest BCUT2D eigenvalue weighted by Crippen LogP contribution is 2.23. The standard InChI is InChI=1S/C16H17N3O2S/c1-12(20)18-6-8-19(9-7-18)16(21)14-4-2-3-13(11-14)15-17-5-10-22-15/h2-5,10-11H,6-9H2,1H3. The maximum Gasteiger partial charge on any atom is 0.253 e. The van der Waals surface area contributed by atoms with Gasteiger partial charge in [0, 0.05) is 55.8 Å². The monoisotopic (exact) mass is 315 g/mol. The molecule has 2 heterocycles. The van der Waals surface area contributed by atoms with Crippen LogP contribution in [-0.2, 0) is 4.79 Å². The van der Waals surface area contributed by atoms with Crippen LogP contribution in [0.15, 0.2) is 35.8 Å². The number of aromatic nitrogens is 1. The van der Waals surface area contributed by atoms with E-state index in [1.54, 1.807) is 34.3 Å². The molecule has 0 N–H and O–H groups in total. The molecule has 2 aromatic rings. The van der Waals surface area contributed by atoms with E-state index >= 15 is 0 Å². The lowest BCUT2D eigenvalue weighted by atomic mass is 10.1. The first-order chi connectivity index (χ1) is 10.6. The van der Waals surface area contributed by atoms with Crippen LogP contribution >= 0.6 is 11.3 Å². The van der Waals surface area contributed by atoms with Gasteiger partial charge in [-0.05, 0) is 12.1 Å². The molecule has 6 heteroatoms. The second kappa shape index (κ2) is 6.27. The molecule has 1 aromatic carbocycles. The minimum atomic E-state index is 0.0154. The maximum absolute atomic E-state index is 12.6. The zero-order chi connectivity index (χ0) is 15.5. The lowest BCUT2D eigenvalue weighted by Gasteiger charge is -2.34. The van der Waals surface area contributed by atoms with Crippen LogP contribution < -0.4 is 0 Å². The zero-order valence-corrected chi connectivity index (χ0v) is 13.2. The zero-order valence-electron chi connectivity index (χ0n) is 12.4. The van der Waals surface area contributed by atoms with Crippen LogP contribution in [-0.4, -0.2) is 52.8 Å². The number of amides is 2. The second-order valence-corrected chi connectivity index (χ2v) is 6.11. The molecule has 1 aromatic heterocycles.